The summed E-state index contributed by atoms with van der Waals surface area (Å²) in [5, 5.41) is 7.41. The van der Waals surface area contributed by atoms with Crippen LogP contribution in [0.4, 0.5) is 17.1 Å². The second-order valence-electron chi connectivity index (χ2n) is 15.7. The molecule has 0 aliphatic rings. The number of benzene rings is 10. The van der Waals surface area contributed by atoms with Crippen LogP contribution >= 0.6 is 11.3 Å². The molecule has 61 heavy (non-hydrogen) atoms. The van der Waals surface area contributed by atoms with Crippen molar-refractivity contribution in [3.8, 4) is 44.5 Å². The lowest BCUT2D eigenvalue weighted by atomic mass is 9.97. The third-order valence-corrected chi connectivity index (χ3v) is 13.2. The molecular formula is C58H37NOS. The monoisotopic (exact) mass is 795 g/mol. The summed E-state index contributed by atoms with van der Waals surface area (Å²) in [6.07, 6.45) is 0. The van der Waals surface area contributed by atoms with Gasteiger partial charge in [0.1, 0.15) is 11.2 Å². The van der Waals surface area contributed by atoms with Gasteiger partial charge >= 0.3 is 0 Å². The van der Waals surface area contributed by atoms with Crippen LogP contribution in [-0.2, 0) is 0 Å². The highest BCUT2D eigenvalue weighted by Crippen LogP contribution is 2.42. The Balaban J connectivity index is 0.920. The lowest BCUT2D eigenvalue weighted by molar-refractivity contribution is 0.669. The molecule has 3 heteroatoms. The molecule has 2 heterocycles. The largest absolute Gasteiger partial charge is 0.456 e. The molecule has 2 aromatic heterocycles. The van der Waals surface area contributed by atoms with Crippen molar-refractivity contribution in [2.75, 3.05) is 4.90 Å². The number of anilines is 3. The Morgan fingerprint density at radius 2 is 0.869 bits per heavy atom. The van der Waals surface area contributed by atoms with Crippen LogP contribution in [-0.4, -0.2) is 0 Å². The molecule has 0 aliphatic carbocycles. The van der Waals surface area contributed by atoms with Crippen molar-refractivity contribution in [2.45, 2.75) is 0 Å². The van der Waals surface area contributed by atoms with Crippen LogP contribution in [0.15, 0.2) is 229 Å². The predicted octanol–water partition coefficient (Wildman–Crippen LogP) is 17.2. The Bertz CT molecular complexity index is 3580. The number of thiophene rings is 1. The van der Waals surface area contributed by atoms with Crippen molar-refractivity contribution in [1.82, 2.24) is 0 Å². The average molecular weight is 796 g/mol. The molecular weight excluding hydrogens is 759 g/mol. The Hall–Kier alpha value is -7.72. The number of nitrogens with zero attached hydrogens (tertiary/aromatic N) is 1. The number of hydrogen-bond donors (Lipinski definition) is 0. The zero-order valence-electron chi connectivity index (χ0n) is 33.1. The summed E-state index contributed by atoms with van der Waals surface area (Å²) in [6, 6.07) is 81.2. The van der Waals surface area contributed by atoms with E-state index in [0.29, 0.717) is 0 Å². The molecule has 0 saturated heterocycles. The Labute approximate surface area is 357 Å². The molecule has 0 N–H and O–H groups in total. The quantitative estimate of drug-likeness (QED) is 0.160. The standard InChI is InChI=1S/C58H37NOS/c1-2-10-43-35-44(24-23-38(43)9-1)41-21-19-39(20-22-41)40-25-30-47(31-26-40)59(48-32-27-42(28-33-48)45-29-34-52-51-13-4-6-18-56(51)61-57(52)37-45)49-12-7-11-46(36-49)50-15-8-17-55-58(50)53-14-3-5-16-54(53)60-55/h1-37H. The molecule has 0 amide bonds. The molecule has 286 valence electrons. The van der Waals surface area contributed by atoms with Crippen molar-refractivity contribution in [1.29, 1.82) is 0 Å². The first-order valence-corrected chi connectivity index (χ1v) is 21.5. The highest BCUT2D eigenvalue weighted by atomic mass is 32.1. The Morgan fingerprint density at radius 1 is 0.311 bits per heavy atom. The molecule has 0 radical (unpaired) electrons. The van der Waals surface area contributed by atoms with Gasteiger partial charge in [0.2, 0.25) is 0 Å². The molecule has 0 fully saturated rings. The molecule has 10 aromatic carbocycles. The molecule has 0 saturated carbocycles. The first-order valence-electron chi connectivity index (χ1n) is 20.7. The smallest absolute Gasteiger partial charge is 0.136 e. The van der Waals surface area contributed by atoms with Gasteiger partial charge in [-0.05, 0) is 122 Å². The van der Waals surface area contributed by atoms with Gasteiger partial charge in [-0.2, -0.15) is 0 Å². The minimum Gasteiger partial charge on any atom is -0.456 e. The predicted molar refractivity (Wildman–Crippen MR) is 261 cm³/mol. The van der Waals surface area contributed by atoms with Crippen molar-refractivity contribution >= 4 is 81.3 Å². The normalized spacial score (nSPS) is 11.6. The second-order valence-corrected chi connectivity index (χ2v) is 16.8. The number of para-hydroxylation sites is 1. The van der Waals surface area contributed by atoms with Gasteiger partial charge in [-0.25, -0.2) is 0 Å². The summed E-state index contributed by atoms with van der Waals surface area (Å²) in [6.45, 7) is 0. The van der Waals surface area contributed by atoms with E-state index in [4.69, 9.17) is 4.42 Å². The van der Waals surface area contributed by atoms with E-state index in [1.807, 2.05) is 23.5 Å². The summed E-state index contributed by atoms with van der Waals surface area (Å²) in [5.41, 5.74) is 14.5. The van der Waals surface area contributed by atoms with Crippen molar-refractivity contribution < 1.29 is 4.42 Å². The molecule has 0 aliphatic heterocycles. The summed E-state index contributed by atoms with van der Waals surface area (Å²) >= 11 is 1.86. The third-order valence-electron chi connectivity index (χ3n) is 12.1. The van der Waals surface area contributed by atoms with Crippen molar-refractivity contribution in [3.63, 3.8) is 0 Å². The molecule has 0 atom stereocenters. The lowest BCUT2D eigenvalue weighted by Crippen LogP contribution is -2.10. The second kappa shape index (κ2) is 14.5. The third kappa shape index (κ3) is 6.26. The Morgan fingerprint density at radius 3 is 1.64 bits per heavy atom. The molecule has 2 nitrogen and oxygen atoms in total. The maximum Gasteiger partial charge on any atom is 0.136 e. The maximum absolute atomic E-state index is 6.30. The highest BCUT2D eigenvalue weighted by molar-refractivity contribution is 7.25. The minimum atomic E-state index is 0.895. The van der Waals surface area contributed by atoms with E-state index in [1.165, 1.54) is 64.3 Å². The molecule has 12 aromatic rings. The molecule has 0 unspecified atom stereocenters. The summed E-state index contributed by atoms with van der Waals surface area (Å²) in [4.78, 5) is 2.36. The fourth-order valence-electron chi connectivity index (χ4n) is 9.01. The topological polar surface area (TPSA) is 16.4 Å². The summed E-state index contributed by atoms with van der Waals surface area (Å²) in [7, 11) is 0. The van der Waals surface area contributed by atoms with Gasteiger partial charge in [0.25, 0.3) is 0 Å². The van der Waals surface area contributed by atoms with E-state index in [2.05, 4.69) is 217 Å². The molecule has 0 spiro atoms. The van der Waals surface area contributed by atoms with Gasteiger partial charge in [0.05, 0.1) is 0 Å². The van der Waals surface area contributed by atoms with Gasteiger partial charge in [-0.15, -0.1) is 11.3 Å². The van der Waals surface area contributed by atoms with E-state index < -0.39 is 0 Å². The lowest BCUT2D eigenvalue weighted by Gasteiger charge is -2.26. The summed E-state index contributed by atoms with van der Waals surface area (Å²) < 4.78 is 8.93. The van der Waals surface area contributed by atoms with Crippen LogP contribution in [0.5, 0.6) is 0 Å². The van der Waals surface area contributed by atoms with Crippen LogP contribution in [0.3, 0.4) is 0 Å². The van der Waals surface area contributed by atoms with E-state index in [-0.39, 0.29) is 0 Å². The highest BCUT2D eigenvalue weighted by Gasteiger charge is 2.17. The number of furan rings is 1. The fourth-order valence-corrected chi connectivity index (χ4v) is 10.2. The van der Waals surface area contributed by atoms with Crippen LogP contribution < -0.4 is 4.90 Å². The summed E-state index contributed by atoms with van der Waals surface area (Å²) in [5.74, 6) is 0. The minimum absolute atomic E-state index is 0.895. The van der Waals surface area contributed by atoms with E-state index in [0.717, 1.165) is 50.1 Å². The maximum atomic E-state index is 6.30. The van der Waals surface area contributed by atoms with Gasteiger partial charge in [0, 0.05) is 48.0 Å². The first kappa shape index (κ1) is 35.2. The van der Waals surface area contributed by atoms with Crippen molar-refractivity contribution in [3.05, 3.63) is 224 Å². The van der Waals surface area contributed by atoms with Crippen LogP contribution in [0.1, 0.15) is 0 Å². The van der Waals surface area contributed by atoms with Crippen LogP contribution in [0.25, 0.3) is 97.4 Å². The van der Waals surface area contributed by atoms with Gasteiger partial charge in [-0.1, -0.05) is 158 Å². The fraction of sp³-hybridized carbons (Fsp3) is 0. The van der Waals surface area contributed by atoms with E-state index in [9.17, 15) is 0 Å². The average Bonchev–Trinajstić information content (AvgIpc) is 3.90. The van der Waals surface area contributed by atoms with Gasteiger partial charge in [0.15, 0.2) is 0 Å². The Kier molecular flexibility index (Phi) is 8.39. The van der Waals surface area contributed by atoms with Gasteiger partial charge < -0.3 is 9.32 Å². The molecule has 0 bridgehead atoms. The SMILES string of the molecule is c1cc(-c2cccc3oc4ccccc4c23)cc(N(c2ccc(-c3ccc(-c4ccc5ccccc5c4)cc3)cc2)c2ccc(-c3ccc4c(c3)sc3ccccc34)cc2)c1. The van der Waals surface area contributed by atoms with E-state index >= 15 is 0 Å². The zero-order valence-corrected chi connectivity index (χ0v) is 33.9. The molecule has 12 rings (SSSR count). The van der Waals surface area contributed by atoms with Crippen LogP contribution in [0, 0.1) is 0 Å². The number of hydrogen-bond acceptors (Lipinski definition) is 3. The zero-order chi connectivity index (χ0) is 40.3. The van der Waals surface area contributed by atoms with Crippen molar-refractivity contribution in [2.24, 2.45) is 0 Å². The number of rotatable bonds is 7. The van der Waals surface area contributed by atoms with E-state index in [1.54, 1.807) is 0 Å². The van der Waals surface area contributed by atoms with Crippen LogP contribution in [0.2, 0.25) is 0 Å². The first-order chi connectivity index (χ1) is 30.2. The van der Waals surface area contributed by atoms with Gasteiger partial charge in [-0.3, -0.25) is 0 Å². The number of fused-ring (bicyclic) bond motifs is 7.